The van der Waals surface area contributed by atoms with E-state index in [0.29, 0.717) is 0 Å². The van der Waals surface area contributed by atoms with Crippen molar-refractivity contribution in [3.63, 3.8) is 0 Å². The van der Waals surface area contributed by atoms with Crippen LogP contribution in [0.2, 0.25) is 0 Å². The first kappa shape index (κ1) is 18.8. The highest BCUT2D eigenvalue weighted by molar-refractivity contribution is 8.14. The summed E-state index contributed by atoms with van der Waals surface area (Å²) in [6.07, 6.45) is 2.15. The Labute approximate surface area is 162 Å². The molecular formula is C18H24N6S2. The van der Waals surface area contributed by atoms with E-state index in [2.05, 4.69) is 53.6 Å². The molecule has 1 N–H and O–H groups in total. The molecule has 8 heteroatoms. The first-order valence-corrected chi connectivity index (χ1v) is 10.5. The third-order valence-corrected chi connectivity index (χ3v) is 5.72. The van der Waals surface area contributed by atoms with Crippen molar-refractivity contribution in [2.75, 3.05) is 11.9 Å². The van der Waals surface area contributed by atoms with Crippen molar-refractivity contribution in [3.05, 3.63) is 40.4 Å². The van der Waals surface area contributed by atoms with Gasteiger partial charge in [0.15, 0.2) is 0 Å². The molecule has 2 aromatic rings. The molecule has 0 bridgehead atoms. The molecule has 0 aliphatic carbocycles. The van der Waals surface area contributed by atoms with E-state index in [-0.39, 0.29) is 5.37 Å². The highest BCUT2D eigenvalue weighted by Crippen LogP contribution is 2.39. The molecule has 1 aromatic carbocycles. The largest absolute Gasteiger partial charge is 0.299 e. The number of hydrogen-bond donors (Lipinski definition) is 1. The monoisotopic (exact) mass is 388 g/mol. The maximum Gasteiger partial charge on any atom is 0.222 e. The molecule has 2 heterocycles. The van der Waals surface area contributed by atoms with Crippen LogP contribution in [-0.4, -0.2) is 32.8 Å². The number of aryl methyl sites for hydroxylation is 2. The summed E-state index contributed by atoms with van der Waals surface area (Å²) in [6, 6.07) is 8.59. The minimum Gasteiger partial charge on any atom is -0.299 e. The summed E-state index contributed by atoms with van der Waals surface area (Å²) in [5, 5.41) is 21.0. The molecule has 1 atom stereocenters. The minimum absolute atomic E-state index is 0.0671. The minimum atomic E-state index is 0.0671. The Morgan fingerprint density at radius 1 is 1.19 bits per heavy atom. The van der Waals surface area contributed by atoms with Gasteiger partial charge in [0, 0.05) is 6.54 Å². The molecule has 0 radical (unpaired) electrons. The lowest BCUT2D eigenvalue weighted by atomic mass is 10.1. The zero-order valence-corrected chi connectivity index (χ0v) is 17.2. The highest BCUT2D eigenvalue weighted by Gasteiger charge is 2.31. The van der Waals surface area contributed by atoms with Crippen LogP contribution in [0.3, 0.4) is 0 Å². The van der Waals surface area contributed by atoms with Crippen LogP contribution in [0.4, 0.5) is 5.13 Å². The zero-order chi connectivity index (χ0) is 18.5. The van der Waals surface area contributed by atoms with Crippen LogP contribution in [0.1, 0.15) is 48.2 Å². The second-order valence-corrected chi connectivity index (χ2v) is 8.61. The number of anilines is 1. The van der Waals surface area contributed by atoms with Gasteiger partial charge >= 0.3 is 0 Å². The van der Waals surface area contributed by atoms with E-state index >= 15 is 0 Å². The number of rotatable bonds is 5. The first-order chi connectivity index (χ1) is 12.6. The van der Waals surface area contributed by atoms with Gasteiger partial charge in [0.05, 0.1) is 5.04 Å². The molecule has 0 saturated heterocycles. The van der Waals surface area contributed by atoms with Gasteiger partial charge in [-0.3, -0.25) is 10.3 Å². The number of hydrogen-bond acceptors (Lipinski definition) is 6. The lowest BCUT2D eigenvalue weighted by Gasteiger charge is -2.24. The standard InChI is InChI=1S/C18H24N6S2/c1-5-6-11-19-17(20-18-22-21-13(3)26-18)24-16(25-14(4)23-24)15-9-7-12(2)8-10-15/h7-10,16H,5-6,11H2,1-4H3,(H,19,20,22)/t16-/m1/s1. The summed E-state index contributed by atoms with van der Waals surface area (Å²) >= 11 is 3.26. The normalized spacial score (nSPS) is 17.5. The number of nitrogens with zero attached hydrogens (tertiary/aromatic N) is 5. The molecule has 0 fully saturated rings. The number of aromatic nitrogens is 2. The van der Waals surface area contributed by atoms with E-state index in [1.54, 1.807) is 11.8 Å². The lowest BCUT2D eigenvalue weighted by molar-refractivity contribution is 0.435. The number of benzene rings is 1. The third kappa shape index (κ3) is 4.62. The first-order valence-electron chi connectivity index (χ1n) is 8.76. The quantitative estimate of drug-likeness (QED) is 0.452. The van der Waals surface area contributed by atoms with Crippen molar-refractivity contribution >= 4 is 39.2 Å². The molecule has 1 aromatic heterocycles. The van der Waals surface area contributed by atoms with Crippen LogP contribution in [0.5, 0.6) is 0 Å². The Morgan fingerprint density at radius 2 is 1.96 bits per heavy atom. The third-order valence-electron chi connectivity index (χ3n) is 3.85. The van der Waals surface area contributed by atoms with E-state index in [1.807, 2.05) is 18.9 Å². The Hall–Kier alpha value is -1.93. The Morgan fingerprint density at radius 3 is 2.62 bits per heavy atom. The molecule has 0 spiro atoms. The van der Waals surface area contributed by atoms with Crippen molar-refractivity contribution < 1.29 is 0 Å². The second-order valence-electron chi connectivity index (χ2n) is 6.15. The fourth-order valence-electron chi connectivity index (χ4n) is 2.49. The Bertz CT molecular complexity index is 796. The molecule has 138 valence electrons. The van der Waals surface area contributed by atoms with E-state index in [0.717, 1.165) is 40.5 Å². The Balaban J connectivity index is 1.88. The SMILES string of the molecule is CCCCN=C(Nc1nnc(C)s1)N1N=C(C)S[C@@H]1c1ccc(C)cc1. The zero-order valence-electron chi connectivity index (χ0n) is 15.6. The van der Waals surface area contributed by atoms with Gasteiger partial charge in [-0.2, -0.15) is 5.10 Å². The van der Waals surface area contributed by atoms with E-state index in [9.17, 15) is 0 Å². The van der Waals surface area contributed by atoms with Gasteiger partial charge in [0.25, 0.3) is 0 Å². The molecule has 3 rings (SSSR count). The predicted octanol–water partition coefficient (Wildman–Crippen LogP) is 4.80. The van der Waals surface area contributed by atoms with Gasteiger partial charge in [-0.25, -0.2) is 5.01 Å². The number of thioether (sulfide) groups is 1. The fourth-order valence-corrected chi connectivity index (χ4v) is 4.08. The number of nitrogens with one attached hydrogen (secondary N) is 1. The average Bonchev–Trinajstić information content (AvgIpc) is 3.20. The molecule has 26 heavy (non-hydrogen) atoms. The van der Waals surface area contributed by atoms with Crippen LogP contribution < -0.4 is 5.32 Å². The topological polar surface area (TPSA) is 65.8 Å². The van der Waals surface area contributed by atoms with Crippen LogP contribution in [0, 0.1) is 13.8 Å². The smallest absolute Gasteiger partial charge is 0.222 e. The van der Waals surface area contributed by atoms with Crippen LogP contribution in [0.15, 0.2) is 34.4 Å². The molecule has 0 amide bonds. The van der Waals surface area contributed by atoms with Crippen molar-refractivity contribution in [3.8, 4) is 0 Å². The summed E-state index contributed by atoms with van der Waals surface area (Å²) in [5.74, 6) is 0.726. The summed E-state index contributed by atoms with van der Waals surface area (Å²) in [7, 11) is 0. The second kappa shape index (κ2) is 8.64. The molecular weight excluding hydrogens is 364 g/mol. The maximum atomic E-state index is 4.78. The van der Waals surface area contributed by atoms with Crippen LogP contribution in [0.25, 0.3) is 0 Å². The number of guanidine groups is 1. The number of unbranched alkanes of at least 4 members (excludes halogenated alkanes) is 1. The molecule has 0 saturated carbocycles. The molecule has 1 aliphatic heterocycles. The van der Waals surface area contributed by atoms with Gasteiger partial charge in [0.2, 0.25) is 11.1 Å². The highest BCUT2D eigenvalue weighted by atomic mass is 32.2. The van der Waals surface area contributed by atoms with E-state index in [1.165, 1.54) is 22.5 Å². The van der Waals surface area contributed by atoms with Gasteiger partial charge < -0.3 is 0 Å². The van der Waals surface area contributed by atoms with Gasteiger partial charge in [-0.15, -0.1) is 10.2 Å². The van der Waals surface area contributed by atoms with Gasteiger partial charge in [-0.1, -0.05) is 66.3 Å². The maximum absolute atomic E-state index is 4.78. The molecule has 6 nitrogen and oxygen atoms in total. The summed E-state index contributed by atoms with van der Waals surface area (Å²) in [4.78, 5) is 4.78. The number of aliphatic imine (C=N–C) groups is 1. The van der Waals surface area contributed by atoms with Gasteiger partial charge in [-0.05, 0) is 32.8 Å². The molecule has 1 aliphatic rings. The lowest BCUT2D eigenvalue weighted by Crippen LogP contribution is -2.32. The van der Waals surface area contributed by atoms with Crippen molar-refractivity contribution in [2.24, 2.45) is 10.1 Å². The van der Waals surface area contributed by atoms with Crippen molar-refractivity contribution in [2.45, 2.75) is 45.9 Å². The number of hydrazone groups is 1. The summed E-state index contributed by atoms with van der Waals surface area (Å²) in [6.45, 7) is 9.00. The molecule has 0 unspecified atom stereocenters. The van der Waals surface area contributed by atoms with Crippen LogP contribution >= 0.6 is 23.1 Å². The fraction of sp³-hybridized carbons (Fsp3) is 0.444. The van der Waals surface area contributed by atoms with Gasteiger partial charge in [0.1, 0.15) is 10.4 Å². The summed E-state index contributed by atoms with van der Waals surface area (Å²) in [5.41, 5.74) is 2.46. The van der Waals surface area contributed by atoms with Crippen molar-refractivity contribution in [1.29, 1.82) is 0 Å². The van der Waals surface area contributed by atoms with E-state index < -0.39 is 0 Å². The van der Waals surface area contributed by atoms with Crippen molar-refractivity contribution in [1.82, 2.24) is 15.2 Å². The van der Waals surface area contributed by atoms with E-state index in [4.69, 9.17) is 10.1 Å². The predicted molar refractivity (Wildman–Crippen MR) is 112 cm³/mol. The average molecular weight is 389 g/mol. The summed E-state index contributed by atoms with van der Waals surface area (Å²) < 4.78 is 0. The van der Waals surface area contributed by atoms with Crippen LogP contribution in [-0.2, 0) is 0 Å². The Kier molecular flexibility index (Phi) is 6.26.